The van der Waals surface area contributed by atoms with Gasteiger partial charge in [-0.05, 0) is 12.7 Å². The van der Waals surface area contributed by atoms with Crippen LogP contribution >= 0.6 is 11.8 Å². The maximum Gasteiger partial charge on any atom is 0.326 e. The molecule has 0 aliphatic carbocycles. The number of carbonyl (C=O) groups excluding carboxylic acids is 1. The summed E-state index contributed by atoms with van der Waals surface area (Å²) in [5, 5.41) is 9.11. The molecule has 1 saturated heterocycles. The molecule has 0 aromatic rings. The lowest BCUT2D eigenvalue weighted by Gasteiger charge is -2.18. The first-order valence-corrected chi connectivity index (χ1v) is 5.38. The molecule has 1 aliphatic rings. The van der Waals surface area contributed by atoms with Crippen LogP contribution in [0.5, 0.6) is 0 Å². The van der Waals surface area contributed by atoms with Crippen molar-refractivity contribution in [3.05, 3.63) is 0 Å². The van der Waals surface area contributed by atoms with Crippen molar-refractivity contribution in [3.63, 3.8) is 0 Å². The molecular formula is C8H13NO3S. The van der Waals surface area contributed by atoms with Gasteiger partial charge in [0.1, 0.15) is 6.04 Å². The summed E-state index contributed by atoms with van der Waals surface area (Å²) in [6.45, 7) is 1.98. The first-order chi connectivity index (χ1) is 6.06. The van der Waals surface area contributed by atoms with Gasteiger partial charge >= 0.3 is 5.97 Å². The molecular weight excluding hydrogens is 190 g/mol. The second-order valence-corrected chi connectivity index (χ2v) is 4.26. The molecule has 1 aliphatic heterocycles. The molecule has 13 heavy (non-hydrogen) atoms. The monoisotopic (exact) mass is 203 g/mol. The summed E-state index contributed by atoms with van der Waals surface area (Å²) >= 11 is 1.62. The Balaban J connectivity index is 2.71. The first kappa shape index (κ1) is 10.4. The minimum absolute atomic E-state index is 0.149. The molecule has 0 bridgehead atoms. The molecule has 0 aromatic heterocycles. The van der Waals surface area contributed by atoms with E-state index in [9.17, 15) is 9.59 Å². The van der Waals surface area contributed by atoms with Crippen LogP contribution < -0.4 is 0 Å². The van der Waals surface area contributed by atoms with Crippen LogP contribution in [0.1, 0.15) is 13.3 Å². The molecule has 0 spiro atoms. The molecule has 0 unspecified atom stereocenters. The lowest BCUT2D eigenvalue weighted by molar-refractivity contribution is -0.147. The first-order valence-electron chi connectivity index (χ1n) is 4.09. The van der Waals surface area contributed by atoms with Crippen LogP contribution in [0.4, 0.5) is 0 Å². The number of carbonyl (C=O) groups is 2. The predicted octanol–water partition coefficient (Wildman–Crippen LogP) is 0.423. The van der Waals surface area contributed by atoms with Crippen LogP contribution in [0.25, 0.3) is 0 Å². The molecule has 0 radical (unpaired) electrons. The Morgan fingerprint density at radius 2 is 2.15 bits per heavy atom. The number of likely N-dealkylation sites (tertiary alicyclic amines) is 1. The van der Waals surface area contributed by atoms with Gasteiger partial charge in [-0.25, -0.2) is 4.79 Å². The molecule has 1 heterocycles. The second-order valence-electron chi connectivity index (χ2n) is 3.12. The van der Waals surface area contributed by atoms with Crippen LogP contribution in [-0.4, -0.2) is 46.0 Å². The van der Waals surface area contributed by atoms with Gasteiger partial charge in [-0.3, -0.25) is 4.79 Å². The summed E-state index contributed by atoms with van der Waals surface area (Å²) in [7, 11) is 0. The number of amides is 1. The third-order valence-electron chi connectivity index (χ3n) is 2.29. The van der Waals surface area contributed by atoms with Crippen molar-refractivity contribution in [2.75, 3.05) is 12.8 Å². The Labute approximate surface area is 81.3 Å². The maximum absolute atomic E-state index is 11.1. The topological polar surface area (TPSA) is 57.6 Å². The molecule has 1 amide bonds. The number of rotatable bonds is 2. The lowest BCUT2D eigenvalue weighted by atomic mass is 10.2. The zero-order valence-corrected chi connectivity index (χ0v) is 8.50. The highest BCUT2D eigenvalue weighted by Gasteiger charge is 2.37. The summed E-state index contributed by atoms with van der Waals surface area (Å²) < 4.78 is 0. The van der Waals surface area contributed by atoms with Gasteiger partial charge in [0.05, 0.1) is 0 Å². The second kappa shape index (κ2) is 4.00. The van der Waals surface area contributed by atoms with Gasteiger partial charge in [-0.15, -0.1) is 0 Å². The van der Waals surface area contributed by atoms with Crippen LogP contribution in [0.3, 0.4) is 0 Å². The Bertz CT molecular complexity index is 209. The molecule has 1 N–H and O–H groups in total. The number of hydrogen-bond donors (Lipinski definition) is 1. The van der Waals surface area contributed by atoms with Gasteiger partial charge in [0, 0.05) is 18.7 Å². The summed E-state index contributed by atoms with van der Waals surface area (Å²) in [5.41, 5.74) is 0. The van der Waals surface area contributed by atoms with E-state index in [1.54, 1.807) is 11.8 Å². The van der Waals surface area contributed by atoms with Crippen molar-refractivity contribution in [1.29, 1.82) is 0 Å². The smallest absolute Gasteiger partial charge is 0.326 e. The van der Waals surface area contributed by atoms with Crippen molar-refractivity contribution in [3.8, 4) is 0 Å². The minimum atomic E-state index is -0.897. The van der Waals surface area contributed by atoms with E-state index in [-0.39, 0.29) is 11.2 Å². The number of hydrogen-bond acceptors (Lipinski definition) is 3. The van der Waals surface area contributed by atoms with E-state index < -0.39 is 12.0 Å². The van der Waals surface area contributed by atoms with E-state index in [1.807, 2.05) is 6.26 Å². The van der Waals surface area contributed by atoms with Crippen molar-refractivity contribution < 1.29 is 14.7 Å². The average molecular weight is 203 g/mol. The Kier molecular flexibility index (Phi) is 3.19. The normalized spacial score (nSPS) is 27.7. The third-order valence-corrected chi connectivity index (χ3v) is 3.29. The zero-order chi connectivity index (χ0) is 10.0. The molecule has 0 saturated carbocycles. The van der Waals surface area contributed by atoms with Gasteiger partial charge < -0.3 is 10.0 Å². The summed E-state index contributed by atoms with van der Waals surface area (Å²) in [4.78, 5) is 23.3. The van der Waals surface area contributed by atoms with Crippen molar-refractivity contribution in [2.45, 2.75) is 24.6 Å². The maximum atomic E-state index is 11.1. The fraction of sp³-hybridized carbons (Fsp3) is 0.750. The quantitative estimate of drug-likeness (QED) is 0.706. The highest BCUT2D eigenvalue weighted by atomic mass is 32.2. The predicted molar refractivity (Wildman–Crippen MR) is 50.7 cm³/mol. The lowest BCUT2D eigenvalue weighted by Crippen LogP contribution is -2.39. The average Bonchev–Trinajstić information content (AvgIpc) is 2.47. The fourth-order valence-corrected chi connectivity index (χ4v) is 2.23. The Morgan fingerprint density at radius 1 is 1.54 bits per heavy atom. The standard InChI is InChI=1S/C8H13NO3S/c1-5(10)9-4-6(13-2)3-7(9)8(11)12/h6-7H,3-4H2,1-2H3,(H,11,12)/t6-,7+/m1/s1. The molecule has 0 aromatic carbocycles. The van der Waals surface area contributed by atoms with Gasteiger partial charge in [0.15, 0.2) is 0 Å². The highest BCUT2D eigenvalue weighted by Crippen LogP contribution is 2.26. The highest BCUT2D eigenvalue weighted by molar-refractivity contribution is 7.99. The number of nitrogens with zero attached hydrogens (tertiary/aromatic N) is 1. The van der Waals surface area contributed by atoms with Gasteiger partial charge in [-0.1, -0.05) is 0 Å². The fourth-order valence-electron chi connectivity index (χ4n) is 1.55. The van der Waals surface area contributed by atoms with Crippen LogP contribution in [-0.2, 0) is 9.59 Å². The molecule has 1 rings (SSSR count). The van der Waals surface area contributed by atoms with E-state index in [0.717, 1.165) is 0 Å². The van der Waals surface area contributed by atoms with Crippen molar-refractivity contribution in [2.24, 2.45) is 0 Å². The molecule has 2 atom stereocenters. The number of carboxylic acid groups (broad SMARTS) is 1. The van der Waals surface area contributed by atoms with E-state index in [0.29, 0.717) is 13.0 Å². The number of thioether (sulfide) groups is 1. The summed E-state index contributed by atoms with van der Waals surface area (Å²) in [5.74, 6) is -1.05. The largest absolute Gasteiger partial charge is 0.480 e. The van der Waals surface area contributed by atoms with E-state index in [2.05, 4.69) is 0 Å². The van der Waals surface area contributed by atoms with E-state index in [1.165, 1.54) is 11.8 Å². The van der Waals surface area contributed by atoms with Gasteiger partial charge in [-0.2, -0.15) is 11.8 Å². The van der Waals surface area contributed by atoms with E-state index in [4.69, 9.17) is 5.11 Å². The minimum Gasteiger partial charge on any atom is -0.480 e. The summed E-state index contributed by atoms with van der Waals surface area (Å²) in [6.07, 6.45) is 2.50. The zero-order valence-electron chi connectivity index (χ0n) is 7.69. The van der Waals surface area contributed by atoms with Crippen LogP contribution in [0, 0.1) is 0 Å². The van der Waals surface area contributed by atoms with Crippen molar-refractivity contribution >= 4 is 23.6 Å². The third kappa shape index (κ3) is 2.15. The Morgan fingerprint density at radius 3 is 2.46 bits per heavy atom. The summed E-state index contributed by atoms with van der Waals surface area (Å²) in [6, 6.07) is -0.616. The van der Waals surface area contributed by atoms with Gasteiger partial charge in [0.25, 0.3) is 0 Å². The molecule has 74 valence electrons. The van der Waals surface area contributed by atoms with Crippen LogP contribution in [0.2, 0.25) is 0 Å². The molecule has 1 fully saturated rings. The van der Waals surface area contributed by atoms with Gasteiger partial charge in [0.2, 0.25) is 5.91 Å². The Hall–Kier alpha value is -0.710. The number of aliphatic carboxylic acids is 1. The van der Waals surface area contributed by atoms with Crippen molar-refractivity contribution in [1.82, 2.24) is 4.90 Å². The SMILES string of the molecule is CS[C@@H]1C[C@@H](C(=O)O)N(C(C)=O)C1. The number of carboxylic acids is 1. The van der Waals surface area contributed by atoms with Crippen LogP contribution in [0.15, 0.2) is 0 Å². The molecule has 5 heteroatoms. The van der Waals surface area contributed by atoms with E-state index >= 15 is 0 Å². The molecule has 4 nitrogen and oxygen atoms in total.